The average Bonchev–Trinajstić information content (AvgIpc) is 2.62. The van der Waals surface area contributed by atoms with Crippen LogP contribution in [0.15, 0.2) is 18.2 Å². The summed E-state index contributed by atoms with van der Waals surface area (Å²) in [6.07, 6.45) is 0.944. The van der Waals surface area contributed by atoms with Crippen LogP contribution in [0.2, 0.25) is 5.02 Å². The fourth-order valence-corrected chi connectivity index (χ4v) is 1.99. The number of anilines is 3. The molecule has 19 heavy (non-hydrogen) atoms. The number of aromatic nitrogens is 2. The van der Waals surface area contributed by atoms with E-state index < -0.39 is 5.82 Å². The number of rotatable bonds is 4. The molecule has 0 bridgehead atoms. The van der Waals surface area contributed by atoms with Crippen LogP contribution in [0.1, 0.15) is 19.0 Å². The number of hydrogen-bond acceptors (Lipinski definition) is 3. The van der Waals surface area contributed by atoms with Crippen LogP contribution in [0.3, 0.4) is 0 Å². The van der Waals surface area contributed by atoms with Crippen molar-refractivity contribution in [1.29, 1.82) is 0 Å². The van der Waals surface area contributed by atoms with Gasteiger partial charge in [-0.3, -0.25) is 0 Å². The molecule has 1 aromatic carbocycles. The molecule has 0 saturated carbocycles. The lowest BCUT2D eigenvalue weighted by Crippen LogP contribution is -2.05. The van der Waals surface area contributed by atoms with E-state index in [0.717, 1.165) is 18.7 Å². The molecule has 6 heteroatoms. The third-order valence-corrected chi connectivity index (χ3v) is 3.08. The fourth-order valence-electron chi connectivity index (χ4n) is 1.81. The van der Waals surface area contributed by atoms with Gasteiger partial charge < -0.3 is 11.1 Å². The highest BCUT2D eigenvalue weighted by atomic mass is 35.5. The van der Waals surface area contributed by atoms with Crippen molar-refractivity contribution >= 4 is 28.8 Å². The minimum atomic E-state index is -0.446. The molecule has 0 spiro atoms. The summed E-state index contributed by atoms with van der Waals surface area (Å²) < 4.78 is 14.9. The maximum absolute atomic E-state index is 13.1. The summed E-state index contributed by atoms with van der Waals surface area (Å²) in [6, 6.07) is 4.45. The molecule has 0 aliphatic carbocycles. The van der Waals surface area contributed by atoms with Gasteiger partial charge in [0.1, 0.15) is 5.82 Å². The van der Waals surface area contributed by atoms with Crippen molar-refractivity contribution < 1.29 is 4.39 Å². The quantitative estimate of drug-likeness (QED) is 0.898. The number of aryl methyl sites for hydroxylation is 2. The highest BCUT2D eigenvalue weighted by Gasteiger charge is 2.12. The van der Waals surface area contributed by atoms with Gasteiger partial charge >= 0.3 is 0 Å². The third-order valence-electron chi connectivity index (χ3n) is 2.79. The topological polar surface area (TPSA) is 55.9 Å². The molecular formula is C13H16ClFN4. The third kappa shape index (κ3) is 2.81. The second kappa shape index (κ2) is 5.48. The molecule has 0 aliphatic rings. The molecule has 2 aromatic rings. The van der Waals surface area contributed by atoms with Gasteiger partial charge in [-0.2, -0.15) is 5.10 Å². The maximum atomic E-state index is 13.1. The first-order chi connectivity index (χ1) is 9.02. The molecule has 102 valence electrons. The van der Waals surface area contributed by atoms with Crippen LogP contribution in [-0.2, 0) is 6.54 Å². The zero-order chi connectivity index (χ0) is 14.0. The lowest BCUT2D eigenvalue weighted by atomic mass is 10.3. The summed E-state index contributed by atoms with van der Waals surface area (Å²) in [7, 11) is 0. The molecule has 0 radical (unpaired) electrons. The average molecular weight is 283 g/mol. The van der Waals surface area contributed by atoms with Crippen LogP contribution in [-0.4, -0.2) is 9.78 Å². The van der Waals surface area contributed by atoms with Gasteiger partial charge in [-0.05, 0) is 31.5 Å². The summed E-state index contributed by atoms with van der Waals surface area (Å²) in [5, 5.41) is 7.57. The van der Waals surface area contributed by atoms with Crippen molar-refractivity contribution in [2.75, 3.05) is 11.1 Å². The highest BCUT2D eigenvalue weighted by molar-refractivity contribution is 6.31. The minimum Gasteiger partial charge on any atom is -0.394 e. The van der Waals surface area contributed by atoms with Crippen molar-refractivity contribution in [3.8, 4) is 0 Å². The van der Waals surface area contributed by atoms with E-state index in [2.05, 4.69) is 17.3 Å². The lowest BCUT2D eigenvalue weighted by Gasteiger charge is -2.10. The van der Waals surface area contributed by atoms with Crippen LogP contribution >= 0.6 is 11.6 Å². The molecule has 0 aliphatic heterocycles. The normalized spacial score (nSPS) is 10.7. The zero-order valence-corrected chi connectivity index (χ0v) is 11.6. The van der Waals surface area contributed by atoms with E-state index in [-0.39, 0.29) is 5.02 Å². The first-order valence-corrected chi connectivity index (χ1v) is 6.45. The fraction of sp³-hybridized carbons (Fsp3) is 0.308. The summed E-state index contributed by atoms with van der Waals surface area (Å²) in [6.45, 7) is 4.67. The predicted molar refractivity (Wildman–Crippen MR) is 76.4 cm³/mol. The van der Waals surface area contributed by atoms with Crippen molar-refractivity contribution in [3.63, 3.8) is 0 Å². The summed E-state index contributed by atoms with van der Waals surface area (Å²) in [5.74, 6) is 0.264. The Hall–Kier alpha value is -1.75. The van der Waals surface area contributed by atoms with E-state index in [9.17, 15) is 4.39 Å². The van der Waals surface area contributed by atoms with E-state index in [4.69, 9.17) is 17.3 Å². The van der Waals surface area contributed by atoms with Crippen molar-refractivity contribution in [2.24, 2.45) is 0 Å². The van der Waals surface area contributed by atoms with Crippen molar-refractivity contribution in [3.05, 3.63) is 34.7 Å². The number of nitrogens with zero attached hydrogens (tertiary/aromatic N) is 2. The molecule has 0 amide bonds. The van der Waals surface area contributed by atoms with Gasteiger partial charge in [-0.1, -0.05) is 18.5 Å². The Labute approximate surface area is 116 Å². The first kappa shape index (κ1) is 13.7. The van der Waals surface area contributed by atoms with E-state index in [1.165, 1.54) is 12.1 Å². The molecular weight excluding hydrogens is 267 g/mol. The minimum absolute atomic E-state index is 0.0712. The molecule has 0 unspecified atom stereocenters. The molecule has 3 N–H and O–H groups in total. The molecule has 4 nitrogen and oxygen atoms in total. The van der Waals surface area contributed by atoms with Crippen LogP contribution < -0.4 is 11.1 Å². The molecule has 1 heterocycles. The Morgan fingerprint density at radius 2 is 2.21 bits per heavy atom. The highest BCUT2D eigenvalue weighted by Crippen LogP contribution is 2.28. The Morgan fingerprint density at radius 3 is 2.84 bits per heavy atom. The summed E-state index contributed by atoms with van der Waals surface area (Å²) in [5.41, 5.74) is 8.03. The second-order valence-electron chi connectivity index (χ2n) is 4.32. The van der Waals surface area contributed by atoms with Gasteiger partial charge in [0, 0.05) is 12.2 Å². The SMILES string of the molecule is CCCn1nc(C)c(N)c1Nc1ccc(F)c(Cl)c1. The zero-order valence-electron chi connectivity index (χ0n) is 10.9. The Bertz CT molecular complexity index is 595. The number of nitrogens with two attached hydrogens (primary N) is 1. The lowest BCUT2D eigenvalue weighted by molar-refractivity contribution is 0.605. The van der Waals surface area contributed by atoms with Gasteiger partial charge in [0.2, 0.25) is 0 Å². The molecule has 0 atom stereocenters. The smallest absolute Gasteiger partial charge is 0.152 e. The monoisotopic (exact) mass is 282 g/mol. The van der Waals surface area contributed by atoms with Crippen LogP contribution in [0.25, 0.3) is 0 Å². The summed E-state index contributed by atoms with van der Waals surface area (Å²) in [4.78, 5) is 0. The number of nitrogens with one attached hydrogen (secondary N) is 1. The molecule has 1 aromatic heterocycles. The number of hydrogen-bond donors (Lipinski definition) is 2. The van der Waals surface area contributed by atoms with Crippen LogP contribution in [0, 0.1) is 12.7 Å². The Morgan fingerprint density at radius 1 is 1.47 bits per heavy atom. The number of nitrogen functional groups attached to an aromatic ring is 1. The second-order valence-corrected chi connectivity index (χ2v) is 4.73. The number of halogens is 2. The van der Waals surface area contributed by atoms with Crippen molar-refractivity contribution in [1.82, 2.24) is 9.78 Å². The van der Waals surface area contributed by atoms with Gasteiger partial charge in [0.15, 0.2) is 5.82 Å². The van der Waals surface area contributed by atoms with Gasteiger partial charge in [-0.25, -0.2) is 9.07 Å². The standard InChI is InChI=1S/C13H16ClFN4/c1-3-6-19-13(12(16)8(2)18-19)17-9-4-5-11(15)10(14)7-9/h4-5,7,17H,3,6,16H2,1-2H3. The van der Waals surface area contributed by atoms with Gasteiger partial charge in [0.25, 0.3) is 0 Å². The van der Waals surface area contributed by atoms with Gasteiger partial charge in [0.05, 0.1) is 16.4 Å². The van der Waals surface area contributed by atoms with E-state index in [1.807, 2.05) is 11.6 Å². The molecule has 0 saturated heterocycles. The predicted octanol–water partition coefficient (Wildman–Crippen LogP) is 3.72. The largest absolute Gasteiger partial charge is 0.394 e. The Balaban J connectivity index is 2.34. The first-order valence-electron chi connectivity index (χ1n) is 6.08. The van der Waals surface area contributed by atoms with E-state index >= 15 is 0 Å². The van der Waals surface area contributed by atoms with Crippen molar-refractivity contribution in [2.45, 2.75) is 26.8 Å². The maximum Gasteiger partial charge on any atom is 0.152 e. The van der Waals surface area contributed by atoms with Crippen LogP contribution in [0.4, 0.5) is 21.6 Å². The van der Waals surface area contributed by atoms with E-state index in [1.54, 1.807) is 6.07 Å². The van der Waals surface area contributed by atoms with Gasteiger partial charge in [-0.15, -0.1) is 0 Å². The number of benzene rings is 1. The summed E-state index contributed by atoms with van der Waals surface area (Å²) >= 11 is 5.76. The Kier molecular flexibility index (Phi) is 3.95. The molecule has 0 fully saturated rings. The van der Waals surface area contributed by atoms with E-state index in [0.29, 0.717) is 17.2 Å². The molecule has 2 rings (SSSR count). The van der Waals surface area contributed by atoms with Crippen LogP contribution in [0.5, 0.6) is 0 Å².